The molecular formula is C24H25Cl3N4O7. The maximum absolute atomic E-state index is 11.6. The Kier molecular flexibility index (Phi) is 10.7. The summed E-state index contributed by atoms with van der Waals surface area (Å²) < 4.78 is 32.1. The van der Waals surface area contributed by atoms with Crippen LogP contribution in [0.4, 0.5) is 0 Å². The molecule has 5 atom stereocenters. The first-order valence-electron chi connectivity index (χ1n) is 11.2. The number of nitrogens with one attached hydrogen (secondary N) is 1. The Hall–Kier alpha value is -2.92. The van der Waals surface area contributed by atoms with Gasteiger partial charge in [-0.15, -0.1) is 0 Å². The minimum absolute atomic E-state index is 0.0976. The van der Waals surface area contributed by atoms with Crippen LogP contribution in [0.25, 0.3) is 10.4 Å². The van der Waals surface area contributed by atoms with E-state index < -0.39 is 46.3 Å². The first-order chi connectivity index (χ1) is 18.1. The van der Waals surface area contributed by atoms with Gasteiger partial charge in [-0.25, -0.2) is 0 Å². The summed E-state index contributed by atoms with van der Waals surface area (Å²) in [5.74, 6) is -0.319. The van der Waals surface area contributed by atoms with Gasteiger partial charge in [-0.3, -0.25) is 10.2 Å². The smallest absolute Gasteiger partial charge is 0.302 e. The van der Waals surface area contributed by atoms with Crippen LogP contribution >= 0.6 is 34.8 Å². The van der Waals surface area contributed by atoms with E-state index in [1.807, 2.05) is 30.3 Å². The molecule has 0 amide bonds. The fourth-order valence-corrected chi connectivity index (χ4v) is 3.73. The molecule has 11 nitrogen and oxygen atoms in total. The van der Waals surface area contributed by atoms with Gasteiger partial charge in [-0.2, -0.15) is 0 Å². The summed E-state index contributed by atoms with van der Waals surface area (Å²) in [5.41, 5.74) is 10.2. The number of carbonyl (C=O) groups is 1. The molecule has 1 aliphatic heterocycles. The molecule has 0 aromatic heterocycles. The van der Waals surface area contributed by atoms with Crippen molar-refractivity contribution in [3.05, 3.63) is 70.6 Å². The van der Waals surface area contributed by atoms with Crippen LogP contribution in [0, 0.1) is 5.41 Å². The molecule has 0 bridgehead atoms. The van der Waals surface area contributed by atoms with Crippen molar-refractivity contribution in [3.8, 4) is 11.5 Å². The van der Waals surface area contributed by atoms with Crippen molar-refractivity contribution in [3.63, 3.8) is 0 Å². The van der Waals surface area contributed by atoms with Crippen LogP contribution in [0.2, 0.25) is 0 Å². The lowest BCUT2D eigenvalue weighted by atomic mass is 9.96. The van der Waals surface area contributed by atoms with Crippen molar-refractivity contribution in [2.24, 2.45) is 5.11 Å². The van der Waals surface area contributed by atoms with Gasteiger partial charge in [0.25, 0.3) is 3.79 Å². The molecule has 0 aliphatic carbocycles. The van der Waals surface area contributed by atoms with E-state index in [1.165, 1.54) is 14.0 Å². The van der Waals surface area contributed by atoms with Crippen molar-refractivity contribution in [2.75, 3.05) is 13.7 Å². The number of halogens is 3. The Balaban J connectivity index is 2.00. The molecule has 0 saturated carbocycles. The van der Waals surface area contributed by atoms with Crippen molar-refractivity contribution in [2.45, 2.75) is 48.0 Å². The summed E-state index contributed by atoms with van der Waals surface area (Å²) in [6, 6.07) is 14.8. The SMILES string of the molecule is COc1ccc(O[C@H]2[C@H](OCc3ccccc3)[C@@H](N=[N+]=[N-])[C@@H](OC(=N)C(Cl)(Cl)Cl)O[C@@H]2COC(C)=O)cc1. The van der Waals surface area contributed by atoms with Gasteiger partial charge >= 0.3 is 5.97 Å². The van der Waals surface area contributed by atoms with E-state index in [2.05, 4.69) is 10.0 Å². The number of hydrogen-bond donors (Lipinski definition) is 1. The Morgan fingerprint density at radius 3 is 2.34 bits per heavy atom. The van der Waals surface area contributed by atoms with Crippen LogP contribution in [0.1, 0.15) is 12.5 Å². The van der Waals surface area contributed by atoms with Gasteiger partial charge in [0.15, 0.2) is 6.10 Å². The number of azide groups is 1. The number of esters is 1. The van der Waals surface area contributed by atoms with Crippen molar-refractivity contribution in [1.29, 1.82) is 5.41 Å². The fourth-order valence-electron chi connectivity index (χ4n) is 3.60. The van der Waals surface area contributed by atoms with E-state index in [-0.39, 0.29) is 13.2 Å². The van der Waals surface area contributed by atoms with Crippen LogP contribution in [-0.4, -0.2) is 60.0 Å². The molecule has 14 heteroatoms. The predicted molar refractivity (Wildman–Crippen MR) is 140 cm³/mol. The monoisotopic (exact) mass is 586 g/mol. The van der Waals surface area contributed by atoms with Crippen molar-refractivity contribution >= 4 is 46.7 Å². The minimum atomic E-state index is -2.22. The van der Waals surface area contributed by atoms with Crippen LogP contribution in [0.15, 0.2) is 59.7 Å². The number of methoxy groups -OCH3 is 1. The lowest BCUT2D eigenvalue weighted by Gasteiger charge is -2.44. The predicted octanol–water partition coefficient (Wildman–Crippen LogP) is 5.36. The summed E-state index contributed by atoms with van der Waals surface area (Å²) in [6.07, 6.45) is -4.43. The normalized spacial score (nSPS) is 23.0. The molecule has 1 aliphatic rings. The molecule has 38 heavy (non-hydrogen) atoms. The zero-order chi connectivity index (χ0) is 27.7. The van der Waals surface area contributed by atoms with Gasteiger partial charge in [0, 0.05) is 11.8 Å². The second kappa shape index (κ2) is 13.7. The number of ether oxygens (including phenoxy) is 6. The summed E-state index contributed by atoms with van der Waals surface area (Å²) in [4.78, 5) is 14.5. The zero-order valence-corrected chi connectivity index (χ0v) is 22.6. The number of hydrogen-bond acceptors (Lipinski definition) is 9. The molecule has 2 aromatic rings. The second-order valence-electron chi connectivity index (χ2n) is 8.00. The van der Waals surface area contributed by atoms with Gasteiger partial charge in [0.05, 0.1) is 13.7 Å². The molecule has 0 radical (unpaired) electrons. The Bertz CT molecular complexity index is 1130. The first kappa shape index (κ1) is 29.6. The number of carbonyl (C=O) groups excluding carboxylic acids is 1. The highest BCUT2D eigenvalue weighted by molar-refractivity contribution is 6.76. The summed E-state index contributed by atoms with van der Waals surface area (Å²) in [7, 11) is 1.53. The van der Waals surface area contributed by atoms with E-state index in [1.54, 1.807) is 24.3 Å². The molecule has 3 rings (SSSR count). The molecule has 1 fully saturated rings. The minimum Gasteiger partial charge on any atom is -0.497 e. The molecule has 1 N–H and O–H groups in total. The average Bonchev–Trinajstić information content (AvgIpc) is 2.89. The third kappa shape index (κ3) is 8.29. The number of rotatable bonds is 10. The Morgan fingerprint density at radius 2 is 1.76 bits per heavy atom. The molecular weight excluding hydrogens is 563 g/mol. The average molecular weight is 588 g/mol. The molecule has 1 heterocycles. The third-order valence-electron chi connectivity index (χ3n) is 5.36. The number of nitrogens with zero attached hydrogens (tertiary/aromatic N) is 3. The number of benzene rings is 2. The number of alkyl halides is 3. The zero-order valence-electron chi connectivity index (χ0n) is 20.3. The summed E-state index contributed by atoms with van der Waals surface area (Å²) in [6.45, 7) is 1.06. The van der Waals surface area contributed by atoms with Crippen LogP contribution in [-0.2, 0) is 30.3 Å². The van der Waals surface area contributed by atoms with Gasteiger partial charge in [-0.1, -0.05) is 70.2 Å². The van der Waals surface area contributed by atoms with E-state index in [0.717, 1.165) is 5.56 Å². The van der Waals surface area contributed by atoms with E-state index in [0.29, 0.717) is 11.5 Å². The Labute approximate surface area is 233 Å². The highest BCUT2D eigenvalue weighted by Gasteiger charge is 2.51. The molecule has 0 unspecified atom stereocenters. The molecule has 0 spiro atoms. The highest BCUT2D eigenvalue weighted by Crippen LogP contribution is 2.34. The fraction of sp³-hybridized carbons (Fsp3) is 0.417. The van der Waals surface area contributed by atoms with Crippen LogP contribution in [0.5, 0.6) is 11.5 Å². The van der Waals surface area contributed by atoms with Crippen molar-refractivity contribution in [1.82, 2.24) is 0 Å². The van der Waals surface area contributed by atoms with E-state index in [9.17, 15) is 10.3 Å². The summed E-state index contributed by atoms with van der Waals surface area (Å²) in [5, 5.41) is 11.8. The third-order valence-corrected chi connectivity index (χ3v) is 5.87. The maximum atomic E-state index is 11.6. The van der Waals surface area contributed by atoms with E-state index >= 15 is 0 Å². The van der Waals surface area contributed by atoms with Gasteiger partial charge in [0.2, 0.25) is 12.2 Å². The molecule has 1 saturated heterocycles. The lowest BCUT2D eigenvalue weighted by Crippen LogP contribution is -2.62. The Morgan fingerprint density at radius 1 is 1.11 bits per heavy atom. The van der Waals surface area contributed by atoms with Crippen LogP contribution < -0.4 is 9.47 Å². The molecule has 2 aromatic carbocycles. The maximum Gasteiger partial charge on any atom is 0.302 e. The second-order valence-corrected chi connectivity index (χ2v) is 10.3. The standard InChI is InChI=1S/C24H25Cl3N4O7/c1-14(32)34-13-18-20(36-17-10-8-16(33-2)9-11-17)21(35-12-15-6-4-3-5-7-15)19(30-31-29)22(37-18)38-23(28)24(25,26)27/h3-11,18-22,28H,12-13H2,1-2H3/t18-,19-,20-,21-,22-/m1/s1. The summed E-state index contributed by atoms with van der Waals surface area (Å²) >= 11 is 17.4. The lowest BCUT2D eigenvalue weighted by molar-refractivity contribution is -0.250. The largest absolute Gasteiger partial charge is 0.497 e. The van der Waals surface area contributed by atoms with Crippen LogP contribution in [0.3, 0.4) is 0 Å². The molecule has 204 valence electrons. The van der Waals surface area contributed by atoms with Crippen molar-refractivity contribution < 1.29 is 33.2 Å². The van der Waals surface area contributed by atoms with Gasteiger partial charge in [-0.05, 0) is 35.4 Å². The highest BCUT2D eigenvalue weighted by atomic mass is 35.6. The first-order valence-corrected chi connectivity index (χ1v) is 12.4. The quantitative estimate of drug-likeness (QED) is 0.0749. The van der Waals surface area contributed by atoms with Gasteiger partial charge < -0.3 is 28.4 Å². The van der Waals surface area contributed by atoms with E-state index in [4.69, 9.17) is 68.6 Å². The topological polar surface area (TPSA) is 145 Å². The van der Waals surface area contributed by atoms with Gasteiger partial charge in [0.1, 0.15) is 36.4 Å².